The Morgan fingerprint density at radius 1 is 1.43 bits per heavy atom. The molecule has 0 aromatic carbocycles. The van der Waals surface area contributed by atoms with Gasteiger partial charge in [-0.3, -0.25) is 4.79 Å². The third-order valence-electron chi connectivity index (χ3n) is 2.56. The van der Waals surface area contributed by atoms with E-state index in [9.17, 15) is 4.79 Å². The standard InChI is InChI=1S/C11H13NO2/c1-7-11(8(2)14-12-7)9-4-3-5-10(13)6-9/h4H,3,5-6H2,1-2H3. The monoisotopic (exact) mass is 191 g/mol. The van der Waals surface area contributed by atoms with Crippen molar-refractivity contribution in [2.24, 2.45) is 0 Å². The van der Waals surface area contributed by atoms with Crippen LogP contribution in [0.2, 0.25) is 0 Å². The minimum atomic E-state index is 0.308. The molecular formula is C11H13NO2. The number of ketones is 1. The van der Waals surface area contributed by atoms with Crippen LogP contribution in [0.4, 0.5) is 0 Å². The Morgan fingerprint density at radius 2 is 2.21 bits per heavy atom. The number of hydrogen-bond acceptors (Lipinski definition) is 3. The first-order chi connectivity index (χ1) is 6.68. The van der Waals surface area contributed by atoms with Crippen molar-refractivity contribution in [3.63, 3.8) is 0 Å². The lowest BCUT2D eigenvalue weighted by atomic mass is 9.92. The van der Waals surface area contributed by atoms with Crippen molar-refractivity contribution in [1.29, 1.82) is 0 Å². The van der Waals surface area contributed by atoms with Gasteiger partial charge >= 0.3 is 0 Å². The molecule has 0 aliphatic heterocycles. The first kappa shape index (κ1) is 9.19. The zero-order valence-electron chi connectivity index (χ0n) is 8.46. The van der Waals surface area contributed by atoms with Crippen LogP contribution in [-0.4, -0.2) is 10.9 Å². The van der Waals surface area contributed by atoms with Crippen LogP contribution in [-0.2, 0) is 4.79 Å². The van der Waals surface area contributed by atoms with E-state index >= 15 is 0 Å². The molecule has 1 heterocycles. The molecule has 1 aromatic heterocycles. The summed E-state index contributed by atoms with van der Waals surface area (Å²) in [5.41, 5.74) is 2.99. The molecule has 0 atom stereocenters. The van der Waals surface area contributed by atoms with Gasteiger partial charge in [-0.05, 0) is 25.8 Å². The van der Waals surface area contributed by atoms with Crippen molar-refractivity contribution in [1.82, 2.24) is 5.16 Å². The molecule has 3 heteroatoms. The van der Waals surface area contributed by atoms with E-state index in [1.807, 2.05) is 13.8 Å². The summed E-state index contributed by atoms with van der Waals surface area (Å²) in [6.45, 7) is 3.79. The molecule has 0 bridgehead atoms. The highest BCUT2D eigenvalue weighted by atomic mass is 16.5. The third-order valence-corrected chi connectivity index (χ3v) is 2.56. The number of nitrogens with zero attached hydrogens (tertiary/aromatic N) is 1. The van der Waals surface area contributed by atoms with E-state index < -0.39 is 0 Å². The fourth-order valence-corrected chi connectivity index (χ4v) is 1.91. The molecule has 1 aromatic rings. The van der Waals surface area contributed by atoms with Gasteiger partial charge in [-0.25, -0.2) is 0 Å². The van der Waals surface area contributed by atoms with Crippen molar-refractivity contribution >= 4 is 11.4 Å². The summed E-state index contributed by atoms with van der Waals surface area (Å²) >= 11 is 0. The minimum Gasteiger partial charge on any atom is -0.361 e. The second kappa shape index (κ2) is 3.40. The van der Waals surface area contributed by atoms with E-state index in [0.717, 1.165) is 29.0 Å². The molecule has 0 N–H and O–H groups in total. The lowest BCUT2D eigenvalue weighted by Crippen LogP contribution is -2.05. The van der Waals surface area contributed by atoms with Crippen LogP contribution in [0.25, 0.3) is 5.57 Å². The third kappa shape index (κ3) is 1.50. The van der Waals surface area contributed by atoms with Gasteiger partial charge in [0.05, 0.1) is 5.69 Å². The lowest BCUT2D eigenvalue weighted by molar-refractivity contribution is -0.118. The van der Waals surface area contributed by atoms with Crippen LogP contribution >= 0.6 is 0 Å². The zero-order valence-corrected chi connectivity index (χ0v) is 8.46. The van der Waals surface area contributed by atoms with Gasteiger partial charge in [0.25, 0.3) is 0 Å². The minimum absolute atomic E-state index is 0.308. The van der Waals surface area contributed by atoms with Crippen molar-refractivity contribution < 1.29 is 9.32 Å². The molecule has 0 saturated carbocycles. The predicted molar refractivity (Wildman–Crippen MR) is 52.8 cm³/mol. The Hall–Kier alpha value is -1.38. The maximum atomic E-state index is 11.3. The highest BCUT2D eigenvalue weighted by Gasteiger charge is 2.18. The molecule has 2 rings (SSSR count). The second-order valence-corrected chi connectivity index (χ2v) is 3.68. The maximum Gasteiger partial charge on any atom is 0.141 e. The van der Waals surface area contributed by atoms with Gasteiger partial charge < -0.3 is 4.52 Å². The lowest BCUT2D eigenvalue weighted by Gasteiger charge is -2.11. The molecule has 0 saturated heterocycles. The number of hydrogen-bond donors (Lipinski definition) is 0. The molecule has 0 unspecified atom stereocenters. The Morgan fingerprint density at radius 3 is 2.79 bits per heavy atom. The fraction of sp³-hybridized carbons (Fsp3) is 0.455. The molecule has 3 nitrogen and oxygen atoms in total. The van der Waals surface area contributed by atoms with E-state index in [1.165, 1.54) is 0 Å². The summed E-state index contributed by atoms with van der Waals surface area (Å²) in [5.74, 6) is 1.12. The Balaban J connectivity index is 2.39. The summed E-state index contributed by atoms with van der Waals surface area (Å²) in [5, 5.41) is 3.89. The average molecular weight is 191 g/mol. The van der Waals surface area contributed by atoms with Crippen molar-refractivity contribution in [3.8, 4) is 0 Å². The van der Waals surface area contributed by atoms with Gasteiger partial charge in [0.1, 0.15) is 11.5 Å². The smallest absolute Gasteiger partial charge is 0.141 e. The largest absolute Gasteiger partial charge is 0.361 e. The normalized spacial score (nSPS) is 17.0. The number of rotatable bonds is 1. The first-order valence-corrected chi connectivity index (χ1v) is 4.82. The Labute approximate surface area is 82.8 Å². The SMILES string of the molecule is Cc1noc(C)c1C1=CCCC(=O)C1. The van der Waals surface area contributed by atoms with Gasteiger partial charge in [-0.15, -0.1) is 0 Å². The van der Waals surface area contributed by atoms with E-state index in [0.29, 0.717) is 18.6 Å². The molecule has 0 radical (unpaired) electrons. The summed E-state index contributed by atoms with van der Waals surface area (Å²) < 4.78 is 5.08. The number of aromatic nitrogens is 1. The van der Waals surface area contributed by atoms with Gasteiger partial charge in [0.2, 0.25) is 0 Å². The predicted octanol–water partition coefficient (Wildman–Crippen LogP) is 2.43. The number of Topliss-reactive ketones (excluding diaryl/α,β-unsaturated/α-hetero) is 1. The topological polar surface area (TPSA) is 43.1 Å². The molecule has 14 heavy (non-hydrogen) atoms. The van der Waals surface area contributed by atoms with Gasteiger partial charge in [-0.1, -0.05) is 11.2 Å². The van der Waals surface area contributed by atoms with Crippen LogP contribution in [0.15, 0.2) is 10.6 Å². The summed E-state index contributed by atoms with van der Waals surface area (Å²) in [7, 11) is 0. The summed E-state index contributed by atoms with van der Waals surface area (Å²) in [6, 6.07) is 0. The van der Waals surface area contributed by atoms with Crippen LogP contribution in [0, 0.1) is 13.8 Å². The van der Waals surface area contributed by atoms with Crippen LogP contribution in [0.3, 0.4) is 0 Å². The van der Waals surface area contributed by atoms with Crippen molar-refractivity contribution in [3.05, 3.63) is 23.1 Å². The average Bonchev–Trinajstić information content (AvgIpc) is 2.46. The van der Waals surface area contributed by atoms with Crippen LogP contribution < -0.4 is 0 Å². The molecular weight excluding hydrogens is 178 g/mol. The summed E-state index contributed by atoms with van der Waals surface area (Å²) in [6.07, 6.45) is 4.17. The number of carbonyl (C=O) groups excluding carboxylic acids is 1. The van der Waals surface area contributed by atoms with E-state index in [-0.39, 0.29) is 0 Å². The number of allylic oxidation sites excluding steroid dienone is 2. The maximum absolute atomic E-state index is 11.3. The highest BCUT2D eigenvalue weighted by molar-refractivity contribution is 5.92. The van der Waals surface area contributed by atoms with Crippen molar-refractivity contribution in [2.45, 2.75) is 33.1 Å². The molecule has 1 aliphatic carbocycles. The van der Waals surface area contributed by atoms with Gasteiger partial charge in [0.15, 0.2) is 0 Å². The molecule has 74 valence electrons. The molecule has 0 spiro atoms. The molecule has 1 aliphatic rings. The fourth-order valence-electron chi connectivity index (χ4n) is 1.91. The first-order valence-electron chi connectivity index (χ1n) is 4.82. The van der Waals surface area contributed by atoms with Crippen LogP contribution in [0.1, 0.15) is 36.3 Å². The molecule has 0 amide bonds. The van der Waals surface area contributed by atoms with E-state index in [1.54, 1.807) is 0 Å². The Kier molecular flexibility index (Phi) is 2.23. The number of aryl methyl sites for hydroxylation is 2. The quantitative estimate of drug-likeness (QED) is 0.684. The Bertz CT molecular complexity index is 382. The molecule has 0 fully saturated rings. The van der Waals surface area contributed by atoms with Gasteiger partial charge in [-0.2, -0.15) is 0 Å². The second-order valence-electron chi connectivity index (χ2n) is 3.68. The number of carbonyl (C=O) groups is 1. The van der Waals surface area contributed by atoms with E-state index in [2.05, 4.69) is 11.2 Å². The van der Waals surface area contributed by atoms with Gasteiger partial charge in [0, 0.05) is 18.4 Å². The summed E-state index contributed by atoms with van der Waals surface area (Å²) in [4.78, 5) is 11.3. The van der Waals surface area contributed by atoms with Crippen LogP contribution in [0.5, 0.6) is 0 Å². The van der Waals surface area contributed by atoms with E-state index in [4.69, 9.17) is 4.52 Å². The zero-order chi connectivity index (χ0) is 10.1. The van der Waals surface area contributed by atoms with Crippen molar-refractivity contribution in [2.75, 3.05) is 0 Å². The highest BCUT2D eigenvalue weighted by Crippen LogP contribution is 2.29.